The lowest BCUT2D eigenvalue weighted by Gasteiger charge is -2.18. The summed E-state index contributed by atoms with van der Waals surface area (Å²) < 4.78 is 0. The molecule has 0 radical (unpaired) electrons. The summed E-state index contributed by atoms with van der Waals surface area (Å²) in [6.07, 6.45) is 1.80. The van der Waals surface area contributed by atoms with Gasteiger partial charge in [0.2, 0.25) is 5.91 Å². The second kappa shape index (κ2) is 8.05. The van der Waals surface area contributed by atoms with E-state index in [1.165, 1.54) is 5.56 Å². The molecule has 2 N–H and O–H groups in total. The van der Waals surface area contributed by atoms with Gasteiger partial charge >= 0.3 is 0 Å². The predicted molar refractivity (Wildman–Crippen MR) is 82.7 cm³/mol. The standard InChI is InChI=1S/C17H27NO2/c1-5-16(11-19)18-17(20)13(4)15-8-6-14(7-9-15)10-12(2)3/h6-9,12-13,16,19H,5,10-11H2,1-4H3,(H,18,20)/t13-,16-/m0/s1. The molecule has 0 unspecified atom stereocenters. The zero-order valence-corrected chi connectivity index (χ0v) is 13.0. The van der Waals surface area contributed by atoms with E-state index in [-0.39, 0.29) is 24.5 Å². The van der Waals surface area contributed by atoms with Gasteiger partial charge < -0.3 is 10.4 Å². The molecule has 0 aliphatic rings. The Labute approximate surface area is 122 Å². The van der Waals surface area contributed by atoms with Crippen LogP contribution in [0.4, 0.5) is 0 Å². The van der Waals surface area contributed by atoms with Crippen LogP contribution >= 0.6 is 0 Å². The van der Waals surface area contributed by atoms with Crippen LogP contribution in [0.3, 0.4) is 0 Å². The molecule has 1 amide bonds. The number of benzene rings is 1. The SMILES string of the molecule is CC[C@@H](CO)NC(=O)[C@@H](C)c1ccc(CC(C)C)cc1. The molecule has 0 fully saturated rings. The zero-order valence-electron chi connectivity index (χ0n) is 13.0. The summed E-state index contributed by atoms with van der Waals surface area (Å²) in [6.45, 7) is 8.24. The minimum atomic E-state index is -0.191. The number of nitrogens with one attached hydrogen (secondary N) is 1. The first-order valence-electron chi connectivity index (χ1n) is 7.48. The Morgan fingerprint density at radius 3 is 2.25 bits per heavy atom. The van der Waals surface area contributed by atoms with Crippen LogP contribution < -0.4 is 5.32 Å². The number of hydrogen-bond donors (Lipinski definition) is 2. The first kappa shape index (κ1) is 16.7. The molecular formula is C17H27NO2. The Morgan fingerprint density at radius 1 is 1.20 bits per heavy atom. The van der Waals surface area contributed by atoms with Crippen molar-refractivity contribution in [2.45, 2.75) is 52.5 Å². The molecule has 0 saturated heterocycles. The quantitative estimate of drug-likeness (QED) is 0.805. The Balaban J connectivity index is 2.67. The minimum Gasteiger partial charge on any atom is -0.394 e. The van der Waals surface area contributed by atoms with Crippen molar-refractivity contribution in [2.75, 3.05) is 6.61 Å². The molecule has 3 heteroatoms. The third kappa shape index (κ3) is 4.97. The topological polar surface area (TPSA) is 49.3 Å². The maximum atomic E-state index is 12.1. The van der Waals surface area contributed by atoms with Crippen LogP contribution in [0.5, 0.6) is 0 Å². The summed E-state index contributed by atoms with van der Waals surface area (Å²) in [5.41, 5.74) is 2.32. The van der Waals surface area contributed by atoms with Crippen molar-refractivity contribution in [1.29, 1.82) is 0 Å². The average molecular weight is 277 g/mol. The van der Waals surface area contributed by atoms with Crippen LogP contribution in [0.25, 0.3) is 0 Å². The molecule has 0 spiro atoms. The lowest BCUT2D eigenvalue weighted by Crippen LogP contribution is -2.39. The van der Waals surface area contributed by atoms with E-state index < -0.39 is 0 Å². The molecule has 0 aromatic heterocycles. The molecule has 0 heterocycles. The molecule has 1 rings (SSSR count). The van der Waals surface area contributed by atoms with E-state index in [0.717, 1.165) is 18.4 Å². The summed E-state index contributed by atoms with van der Waals surface area (Å²) in [5, 5.41) is 12.0. The molecule has 0 saturated carbocycles. The van der Waals surface area contributed by atoms with Crippen LogP contribution in [-0.4, -0.2) is 23.7 Å². The van der Waals surface area contributed by atoms with E-state index in [2.05, 4.69) is 31.3 Å². The Kier molecular flexibility index (Phi) is 6.73. The van der Waals surface area contributed by atoms with Crippen molar-refractivity contribution in [3.05, 3.63) is 35.4 Å². The van der Waals surface area contributed by atoms with Gasteiger partial charge in [-0.05, 0) is 36.8 Å². The molecule has 0 aliphatic heterocycles. The van der Waals surface area contributed by atoms with Gasteiger partial charge in [0.1, 0.15) is 0 Å². The molecule has 0 aliphatic carbocycles. The smallest absolute Gasteiger partial charge is 0.227 e. The van der Waals surface area contributed by atoms with E-state index >= 15 is 0 Å². The van der Waals surface area contributed by atoms with Crippen LogP contribution in [0.2, 0.25) is 0 Å². The monoisotopic (exact) mass is 277 g/mol. The van der Waals surface area contributed by atoms with Gasteiger partial charge in [-0.25, -0.2) is 0 Å². The minimum absolute atomic E-state index is 0.0116. The number of hydrogen-bond acceptors (Lipinski definition) is 2. The van der Waals surface area contributed by atoms with Gasteiger partial charge in [0.15, 0.2) is 0 Å². The van der Waals surface area contributed by atoms with Gasteiger partial charge in [0.25, 0.3) is 0 Å². The second-order valence-corrected chi connectivity index (χ2v) is 5.86. The highest BCUT2D eigenvalue weighted by Gasteiger charge is 2.17. The Hall–Kier alpha value is -1.35. The van der Waals surface area contributed by atoms with Crippen LogP contribution in [0.1, 0.15) is 51.2 Å². The van der Waals surface area contributed by atoms with Gasteiger partial charge in [0.05, 0.1) is 18.6 Å². The molecule has 1 aromatic rings. The lowest BCUT2D eigenvalue weighted by molar-refractivity contribution is -0.123. The summed E-state index contributed by atoms with van der Waals surface area (Å²) in [5.74, 6) is 0.419. The summed E-state index contributed by atoms with van der Waals surface area (Å²) in [4.78, 5) is 12.1. The predicted octanol–water partition coefficient (Wildman–Crippen LogP) is 2.88. The first-order chi connectivity index (χ1) is 9.47. The molecule has 2 atom stereocenters. The highest BCUT2D eigenvalue weighted by molar-refractivity contribution is 5.83. The Bertz CT molecular complexity index is 408. The number of aliphatic hydroxyl groups is 1. The highest BCUT2D eigenvalue weighted by atomic mass is 16.3. The van der Waals surface area contributed by atoms with Crippen LogP contribution in [0.15, 0.2) is 24.3 Å². The molecular weight excluding hydrogens is 250 g/mol. The summed E-state index contributed by atoms with van der Waals surface area (Å²) in [6, 6.07) is 8.11. The molecule has 112 valence electrons. The maximum Gasteiger partial charge on any atom is 0.227 e. The normalized spacial score (nSPS) is 14.1. The zero-order chi connectivity index (χ0) is 15.1. The fourth-order valence-electron chi connectivity index (χ4n) is 2.17. The van der Waals surface area contributed by atoms with E-state index in [1.54, 1.807) is 0 Å². The number of rotatable bonds is 7. The fourth-order valence-corrected chi connectivity index (χ4v) is 2.17. The van der Waals surface area contributed by atoms with Crippen molar-refractivity contribution in [3.8, 4) is 0 Å². The average Bonchev–Trinajstić information content (AvgIpc) is 2.43. The van der Waals surface area contributed by atoms with Gasteiger partial charge in [-0.2, -0.15) is 0 Å². The van der Waals surface area contributed by atoms with Gasteiger partial charge in [0, 0.05) is 0 Å². The molecule has 0 bridgehead atoms. The highest BCUT2D eigenvalue weighted by Crippen LogP contribution is 2.18. The number of aliphatic hydroxyl groups excluding tert-OH is 1. The van der Waals surface area contributed by atoms with Crippen LogP contribution in [-0.2, 0) is 11.2 Å². The van der Waals surface area contributed by atoms with Crippen molar-refractivity contribution in [2.24, 2.45) is 5.92 Å². The van der Waals surface area contributed by atoms with E-state index in [4.69, 9.17) is 5.11 Å². The van der Waals surface area contributed by atoms with Crippen molar-refractivity contribution in [3.63, 3.8) is 0 Å². The van der Waals surface area contributed by atoms with Gasteiger partial charge in [-0.1, -0.05) is 45.0 Å². The van der Waals surface area contributed by atoms with Gasteiger partial charge in [-0.15, -0.1) is 0 Å². The first-order valence-corrected chi connectivity index (χ1v) is 7.48. The molecule has 3 nitrogen and oxygen atoms in total. The van der Waals surface area contributed by atoms with Crippen molar-refractivity contribution in [1.82, 2.24) is 5.32 Å². The van der Waals surface area contributed by atoms with E-state index in [0.29, 0.717) is 5.92 Å². The molecule has 20 heavy (non-hydrogen) atoms. The summed E-state index contributed by atoms with van der Waals surface area (Å²) in [7, 11) is 0. The number of carbonyl (C=O) groups is 1. The third-order valence-corrected chi connectivity index (χ3v) is 3.58. The molecule has 1 aromatic carbocycles. The van der Waals surface area contributed by atoms with Crippen molar-refractivity contribution < 1.29 is 9.90 Å². The largest absolute Gasteiger partial charge is 0.394 e. The summed E-state index contributed by atoms with van der Waals surface area (Å²) >= 11 is 0. The lowest BCUT2D eigenvalue weighted by atomic mass is 9.96. The van der Waals surface area contributed by atoms with E-state index in [9.17, 15) is 4.79 Å². The fraction of sp³-hybridized carbons (Fsp3) is 0.588. The number of carbonyl (C=O) groups excluding carboxylic acids is 1. The third-order valence-electron chi connectivity index (χ3n) is 3.58. The second-order valence-electron chi connectivity index (χ2n) is 5.86. The Morgan fingerprint density at radius 2 is 1.80 bits per heavy atom. The van der Waals surface area contributed by atoms with Crippen LogP contribution in [0, 0.1) is 5.92 Å². The maximum absolute atomic E-state index is 12.1. The van der Waals surface area contributed by atoms with Gasteiger partial charge in [-0.3, -0.25) is 4.79 Å². The number of amides is 1. The van der Waals surface area contributed by atoms with Crippen molar-refractivity contribution >= 4 is 5.91 Å². The van der Waals surface area contributed by atoms with E-state index in [1.807, 2.05) is 26.0 Å².